The van der Waals surface area contributed by atoms with Gasteiger partial charge in [-0.3, -0.25) is 0 Å². The Kier molecular flexibility index (Phi) is 4.35. The lowest BCUT2D eigenvalue weighted by molar-refractivity contribution is 0.371. The first-order chi connectivity index (χ1) is 8.77. The van der Waals surface area contributed by atoms with Crippen LogP contribution in [0.15, 0.2) is 11.4 Å². The predicted molar refractivity (Wildman–Crippen MR) is 80.1 cm³/mol. The fraction of sp³-hybridized carbons (Fsp3) is 0.692. The number of rotatable bonds is 5. The third kappa shape index (κ3) is 4.27. The molecule has 0 spiro atoms. The maximum absolute atomic E-state index is 11.3. The molecule has 1 heterocycles. The third-order valence-corrected chi connectivity index (χ3v) is 5.22. The van der Waals surface area contributed by atoms with Crippen molar-refractivity contribution >= 4 is 21.4 Å². The zero-order chi connectivity index (χ0) is 14.1. The van der Waals surface area contributed by atoms with Gasteiger partial charge in [0.2, 0.25) is 10.0 Å². The van der Waals surface area contributed by atoms with E-state index in [0.717, 1.165) is 6.42 Å². The standard InChI is InChI=1S/C13H22N2O2S2/c1-13(2,15-19(3,16)17)9-14-11-5-4-6-12-10(11)7-8-18-12/h7-8,11,14-15H,4-6,9H2,1-3H3. The molecule has 1 aromatic rings. The molecule has 0 aliphatic heterocycles. The van der Waals surface area contributed by atoms with Crippen LogP contribution in [0.4, 0.5) is 0 Å². The monoisotopic (exact) mass is 302 g/mol. The van der Waals surface area contributed by atoms with Gasteiger partial charge in [-0.1, -0.05) is 0 Å². The topological polar surface area (TPSA) is 58.2 Å². The highest BCUT2D eigenvalue weighted by Gasteiger charge is 2.26. The SMILES string of the molecule is CC(C)(CNC1CCCc2sccc21)NS(C)(=O)=O. The highest BCUT2D eigenvalue weighted by Crippen LogP contribution is 2.33. The lowest BCUT2D eigenvalue weighted by atomic mass is 9.93. The van der Waals surface area contributed by atoms with E-state index >= 15 is 0 Å². The van der Waals surface area contributed by atoms with Gasteiger partial charge in [0.1, 0.15) is 0 Å². The maximum atomic E-state index is 11.3. The molecule has 2 rings (SSSR count). The van der Waals surface area contributed by atoms with Gasteiger partial charge in [-0.2, -0.15) is 0 Å². The van der Waals surface area contributed by atoms with Crippen molar-refractivity contribution in [1.82, 2.24) is 10.0 Å². The van der Waals surface area contributed by atoms with Crippen LogP contribution in [0.2, 0.25) is 0 Å². The number of sulfonamides is 1. The Morgan fingerprint density at radius 3 is 2.89 bits per heavy atom. The van der Waals surface area contributed by atoms with E-state index in [1.54, 1.807) is 0 Å². The molecule has 1 aromatic heterocycles. The van der Waals surface area contributed by atoms with Crippen molar-refractivity contribution in [1.29, 1.82) is 0 Å². The molecule has 1 unspecified atom stereocenters. The van der Waals surface area contributed by atoms with E-state index in [1.165, 1.54) is 29.5 Å². The van der Waals surface area contributed by atoms with Gasteiger partial charge in [0.05, 0.1) is 6.26 Å². The molecule has 0 bridgehead atoms. The van der Waals surface area contributed by atoms with Crippen LogP contribution in [0.3, 0.4) is 0 Å². The Balaban J connectivity index is 1.97. The third-order valence-electron chi connectivity index (χ3n) is 3.30. The normalized spacial score (nSPS) is 20.3. The molecule has 1 aliphatic rings. The molecule has 6 heteroatoms. The second-order valence-corrected chi connectivity index (χ2v) is 8.63. The van der Waals surface area contributed by atoms with Crippen molar-refractivity contribution in [2.24, 2.45) is 0 Å². The van der Waals surface area contributed by atoms with Crippen molar-refractivity contribution in [3.05, 3.63) is 21.9 Å². The molecular weight excluding hydrogens is 280 g/mol. The zero-order valence-electron chi connectivity index (χ0n) is 11.7. The van der Waals surface area contributed by atoms with E-state index in [-0.39, 0.29) is 0 Å². The van der Waals surface area contributed by atoms with Crippen molar-refractivity contribution in [2.45, 2.75) is 44.7 Å². The van der Waals surface area contributed by atoms with Gasteiger partial charge in [-0.05, 0) is 50.1 Å². The van der Waals surface area contributed by atoms with Crippen LogP contribution in [-0.2, 0) is 16.4 Å². The van der Waals surface area contributed by atoms with E-state index in [9.17, 15) is 8.42 Å². The summed E-state index contributed by atoms with van der Waals surface area (Å²) in [7, 11) is -3.17. The van der Waals surface area contributed by atoms with E-state index < -0.39 is 15.6 Å². The number of hydrogen-bond donors (Lipinski definition) is 2. The van der Waals surface area contributed by atoms with Crippen LogP contribution in [-0.4, -0.2) is 26.8 Å². The molecule has 2 N–H and O–H groups in total. The molecular formula is C13H22N2O2S2. The smallest absolute Gasteiger partial charge is 0.209 e. The van der Waals surface area contributed by atoms with Crippen molar-refractivity contribution < 1.29 is 8.42 Å². The number of thiophene rings is 1. The van der Waals surface area contributed by atoms with Crippen molar-refractivity contribution in [2.75, 3.05) is 12.8 Å². The summed E-state index contributed by atoms with van der Waals surface area (Å²) in [6, 6.07) is 2.55. The number of hydrogen-bond acceptors (Lipinski definition) is 4. The molecule has 0 amide bonds. The predicted octanol–water partition coefficient (Wildman–Crippen LogP) is 2.04. The van der Waals surface area contributed by atoms with Gasteiger partial charge >= 0.3 is 0 Å². The summed E-state index contributed by atoms with van der Waals surface area (Å²) < 4.78 is 25.3. The number of fused-ring (bicyclic) bond motifs is 1. The molecule has 0 radical (unpaired) electrons. The van der Waals surface area contributed by atoms with Gasteiger partial charge in [0.15, 0.2) is 0 Å². The van der Waals surface area contributed by atoms with Crippen LogP contribution in [0.25, 0.3) is 0 Å². The summed E-state index contributed by atoms with van der Waals surface area (Å²) in [5.41, 5.74) is 0.924. The quantitative estimate of drug-likeness (QED) is 0.875. The van der Waals surface area contributed by atoms with Crippen molar-refractivity contribution in [3.8, 4) is 0 Å². The van der Waals surface area contributed by atoms with Gasteiger partial charge < -0.3 is 5.32 Å². The highest BCUT2D eigenvalue weighted by atomic mass is 32.2. The van der Waals surface area contributed by atoms with E-state index in [0.29, 0.717) is 12.6 Å². The lowest BCUT2D eigenvalue weighted by Gasteiger charge is -2.30. The second-order valence-electron chi connectivity index (χ2n) is 5.88. The summed E-state index contributed by atoms with van der Waals surface area (Å²) in [6.07, 6.45) is 4.70. The molecule has 4 nitrogen and oxygen atoms in total. The Morgan fingerprint density at radius 1 is 1.47 bits per heavy atom. The minimum Gasteiger partial charge on any atom is -0.308 e. The van der Waals surface area contributed by atoms with Crippen LogP contribution in [0.1, 0.15) is 43.2 Å². The van der Waals surface area contributed by atoms with Gasteiger partial charge in [-0.15, -0.1) is 11.3 Å². The Bertz CT molecular complexity index is 535. The van der Waals surface area contributed by atoms with E-state index in [4.69, 9.17) is 0 Å². The molecule has 1 aliphatic carbocycles. The van der Waals surface area contributed by atoms with Crippen LogP contribution in [0, 0.1) is 0 Å². The fourth-order valence-corrected chi connectivity index (χ4v) is 4.68. The molecule has 0 saturated carbocycles. The molecule has 19 heavy (non-hydrogen) atoms. The minimum absolute atomic E-state index is 0.357. The average molecular weight is 302 g/mol. The second kappa shape index (κ2) is 5.52. The first-order valence-corrected chi connectivity index (χ1v) is 9.32. The molecule has 0 saturated heterocycles. The highest BCUT2D eigenvalue weighted by molar-refractivity contribution is 7.88. The van der Waals surface area contributed by atoms with Crippen molar-refractivity contribution in [3.63, 3.8) is 0 Å². The Labute approximate surface area is 119 Å². The summed E-state index contributed by atoms with van der Waals surface area (Å²) in [6.45, 7) is 4.43. The summed E-state index contributed by atoms with van der Waals surface area (Å²) in [5.74, 6) is 0. The largest absolute Gasteiger partial charge is 0.308 e. The first kappa shape index (κ1) is 15.0. The lowest BCUT2D eigenvalue weighted by Crippen LogP contribution is -2.50. The molecule has 108 valence electrons. The van der Waals surface area contributed by atoms with Gasteiger partial charge in [0, 0.05) is 23.0 Å². The van der Waals surface area contributed by atoms with E-state index in [1.807, 2.05) is 25.2 Å². The summed E-state index contributed by atoms with van der Waals surface area (Å²) >= 11 is 1.82. The first-order valence-electron chi connectivity index (χ1n) is 6.55. The zero-order valence-corrected chi connectivity index (χ0v) is 13.3. The fourth-order valence-electron chi connectivity index (χ4n) is 2.61. The molecule has 0 aromatic carbocycles. The van der Waals surface area contributed by atoms with Gasteiger partial charge in [-0.25, -0.2) is 13.1 Å². The minimum atomic E-state index is -3.17. The van der Waals surface area contributed by atoms with Crippen LogP contribution < -0.4 is 10.0 Å². The van der Waals surface area contributed by atoms with Gasteiger partial charge in [0.25, 0.3) is 0 Å². The van der Waals surface area contributed by atoms with Crippen LogP contribution in [0.5, 0.6) is 0 Å². The van der Waals surface area contributed by atoms with Crippen LogP contribution >= 0.6 is 11.3 Å². The Hall–Kier alpha value is -0.430. The maximum Gasteiger partial charge on any atom is 0.209 e. The molecule has 0 fully saturated rings. The molecule has 1 atom stereocenters. The Morgan fingerprint density at radius 2 is 2.21 bits per heavy atom. The number of nitrogens with one attached hydrogen (secondary N) is 2. The summed E-state index contributed by atoms with van der Waals surface area (Å²) in [4.78, 5) is 1.47. The number of aryl methyl sites for hydroxylation is 1. The summed E-state index contributed by atoms with van der Waals surface area (Å²) in [5, 5.41) is 5.65. The average Bonchev–Trinajstić information content (AvgIpc) is 2.71. The van der Waals surface area contributed by atoms with E-state index in [2.05, 4.69) is 21.5 Å².